The Balaban J connectivity index is 1.90. The quantitative estimate of drug-likeness (QED) is 0.508. The Morgan fingerprint density at radius 2 is 2.21 bits per heavy atom. The number of carbonyl (C=O) groups is 1. The van der Waals surface area contributed by atoms with Crippen molar-refractivity contribution in [2.24, 2.45) is 5.92 Å². The second-order valence-electron chi connectivity index (χ2n) is 4.01. The molecule has 0 heterocycles. The summed E-state index contributed by atoms with van der Waals surface area (Å²) in [7, 11) is 0. The minimum atomic E-state index is 0.218. The molecule has 0 aliphatic heterocycles. The highest BCUT2D eigenvalue weighted by atomic mass is 16.1. The lowest BCUT2D eigenvalue weighted by molar-refractivity contribution is -0.122. The molecule has 78 valence electrons. The average molecular weight is 193 g/mol. The first-order valence-electron chi connectivity index (χ1n) is 5.53. The Labute approximate surface area is 86.5 Å². The molecule has 2 nitrogen and oxygen atoms in total. The van der Waals surface area contributed by atoms with Crippen molar-refractivity contribution in [2.45, 2.75) is 44.9 Å². The first-order valence-corrected chi connectivity index (χ1v) is 5.53. The SMILES string of the molecule is C#CCCCCNC(=O)CC1CCC1. The highest BCUT2D eigenvalue weighted by molar-refractivity contribution is 5.76. The number of carbonyl (C=O) groups excluding carboxylic acids is 1. The predicted molar refractivity (Wildman–Crippen MR) is 57.7 cm³/mol. The third-order valence-corrected chi connectivity index (χ3v) is 2.77. The minimum Gasteiger partial charge on any atom is -0.356 e. The number of hydrogen-bond donors (Lipinski definition) is 1. The van der Waals surface area contributed by atoms with Crippen molar-refractivity contribution in [2.75, 3.05) is 6.54 Å². The van der Waals surface area contributed by atoms with E-state index in [1.165, 1.54) is 19.3 Å². The van der Waals surface area contributed by atoms with Crippen LogP contribution in [-0.4, -0.2) is 12.5 Å². The van der Waals surface area contributed by atoms with Crippen LogP contribution in [0.2, 0.25) is 0 Å². The third-order valence-electron chi connectivity index (χ3n) is 2.77. The molecule has 14 heavy (non-hydrogen) atoms. The average Bonchev–Trinajstić information content (AvgIpc) is 2.11. The van der Waals surface area contributed by atoms with E-state index >= 15 is 0 Å². The summed E-state index contributed by atoms with van der Waals surface area (Å²) < 4.78 is 0. The van der Waals surface area contributed by atoms with E-state index < -0.39 is 0 Å². The van der Waals surface area contributed by atoms with Crippen LogP contribution in [0.1, 0.15) is 44.9 Å². The molecule has 1 fully saturated rings. The fourth-order valence-electron chi connectivity index (χ4n) is 1.61. The maximum Gasteiger partial charge on any atom is 0.220 e. The zero-order chi connectivity index (χ0) is 10.2. The molecule has 1 amide bonds. The fourth-order valence-corrected chi connectivity index (χ4v) is 1.61. The summed E-state index contributed by atoms with van der Waals surface area (Å²) in [6.07, 6.45) is 12.5. The largest absolute Gasteiger partial charge is 0.356 e. The molecule has 0 spiro atoms. The van der Waals surface area contributed by atoms with Gasteiger partial charge in [0.05, 0.1) is 0 Å². The van der Waals surface area contributed by atoms with Crippen LogP contribution in [0.5, 0.6) is 0 Å². The summed E-state index contributed by atoms with van der Waals surface area (Å²) in [5.74, 6) is 3.48. The molecule has 1 aliphatic carbocycles. The van der Waals surface area contributed by atoms with Gasteiger partial charge >= 0.3 is 0 Å². The van der Waals surface area contributed by atoms with E-state index in [0.29, 0.717) is 5.92 Å². The smallest absolute Gasteiger partial charge is 0.220 e. The van der Waals surface area contributed by atoms with E-state index in [1.807, 2.05) is 0 Å². The molecule has 1 N–H and O–H groups in total. The Morgan fingerprint density at radius 1 is 1.43 bits per heavy atom. The summed E-state index contributed by atoms with van der Waals surface area (Å²) in [6.45, 7) is 0.785. The maximum absolute atomic E-state index is 11.3. The number of unbranched alkanes of at least 4 members (excludes halogenated alkanes) is 2. The molecule has 1 aliphatic rings. The second-order valence-corrected chi connectivity index (χ2v) is 4.01. The van der Waals surface area contributed by atoms with Gasteiger partial charge < -0.3 is 5.32 Å². The predicted octanol–water partition coefficient (Wildman–Crippen LogP) is 2.10. The zero-order valence-electron chi connectivity index (χ0n) is 8.72. The van der Waals surface area contributed by atoms with Crippen molar-refractivity contribution in [3.8, 4) is 12.3 Å². The monoisotopic (exact) mass is 193 g/mol. The molecule has 0 atom stereocenters. The normalized spacial score (nSPS) is 15.6. The van der Waals surface area contributed by atoms with Crippen molar-refractivity contribution in [3.63, 3.8) is 0 Å². The standard InChI is InChI=1S/C12H19NO/c1-2-3-4-5-9-13-12(14)10-11-7-6-8-11/h1,11H,3-10H2,(H,13,14). The lowest BCUT2D eigenvalue weighted by atomic mass is 9.83. The van der Waals surface area contributed by atoms with E-state index in [-0.39, 0.29) is 5.91 Å². The highest BCUT2D eigenvalue weighted by Gasteiger charge is 2.19. The topological polar surface area (TPSA) is 29.1 Å². The van der Waals surface area contributed by atoms with Gasteiger partial charge in [-0.05, 0) is 31.6 Å². The maximum atomic E-state index is 11.3. The fraction of sp³-hybridized carbons (Fsp3) is 0.750. The van der Waals surface area contributed by atoms with Crippen LogP contribution < -0.4 is 5.32 Å². The first kappa shape index (κ1) is 11.1. The van der Waals surface area contributed by atoms with E-state index in [1.54, 1.807) is 0 Å². The van der Waals surface area contributed by atoms with Crippen molar-refractivity contribution in [3.05, 3.63) is 0 Å². The number of rotatable bonds is 6. The van der Waals surface area contributed by atoms with Gasteiger partial charge in [-0.25, -0.2) is 0 Å². The lowest BCUT2D eigenvalue weighted by Gasteiger charge is -2.24. The van der Waals surface area contributed by atoms with Crippen molar-refractivity contribution in [1.29, 1.82) is 0 Å². The van der Waals surface area contributed by atoms with Crippen LogP contribution in [0.25, 0.3) is 0 Å². The lowest BCUT2D eigenvalue weighted by Crippen LogP contribution is -2.28. The molecule has 0 aromatic rings. The number of nitrogens with one attached hydrogen (secondary N) is 1. The molecule has 0 unspecified atom stereocenters. The Bertz CT molecular complexity index is 213. The van der Waals surface area contributed by atoms with Crippen LogP contribution in [0, 0.1) is 18.3 Å². The van der Waals surface area contributed by atoms with Crippen LogP contribution in [0.15, 0.2) is 0 Å². The first-order chi connectivity index (χ1) is 6.83. The van der Waals surface area contributed by atoms with Gasteiger partial charge in [0.15, 0.2) is 0 Å². The molecule has 0 aromatic heterocycles. The molecule has 1 rings (SSSR count). The van der Waals surface area contributed by atoms with Crippen molar-refractivity contribution < 1.29 is 4.79 Å². The third kappa shape index (κ3) is 4.32. The summed E-state index contributed by atoms with van der Waals surface area (Å²) >= 11 is 0. The number of hydrogen-bond acceptors (Lipinski definition) is 1. The summed E-state index contributed by atoms with van der Waals surface area (Å²) in [5, 5.41) is 2.93. The van der Waals surface area contributed by atoms with Crippen LogP contribution in [0.3, 0.4) is 0 Å². The Morgan fingerprint density at radius 3 is 2.79 bits per heavy atom. The molecular weight excluding hydrogens is 174 g/mol. The van der Waals surface area contributed by atoms with E-state index in [4.69, 9.17) is 6.42 Å². The summed E-state index contributed by atoms with van der Waals surface area (Å²) in [6, 6.07) is 0. The number of amides is 1. The highest BCUT2D eigenvalue weighted by Crippen LogP contribution is 2.28. The summed E-state index contributed by atoms with van der Waals surface area (Å²) in [4.78, 5) is 11.3. The molecular formula is C12H19NO. The molecule has 0 aromatic carbocycles. The summed E-state index contributed by atoms with van der Waals surface area (Å²) in [5.41, 5.74) is 0. The second kappa shape index (κ2) is 6.48. The van der Waals surface area contributed by atoms with Crippen LogP contribution in [-0.2, 0) is 4.79 Å². The zero-order valence-corrected chi connectivity index (χ0v) is 8.72. The molecule has 2 heteroatoms. The van der Waals surface area contributed by atoms with Gasteiger partial charge in [0.25, 0.3) is 0 Å². The van der Waals surface area contributed by atoms with Gasteiger partial charge in [-0.3, -0.25) is 4.79 Å². The van der Waals surface area contributed by atoms with E-state index in [2.05, 4.69) is 11.2 Å². The Kier molecular flexibility index (Phi) is 5.14. The van der Waals surface area contributed by atoms with Gasteiger partial charge in [0.2, 0.25) is 5.91 Å². The van der Waals surface area contributed by atoms with Crippen LogP contribution in [0.4, 0.5) is 0 Å². The van der Waals surface area contributed by atoms with Crippen molar-refractivity contribution >= 4 is 5.91 Å². The van der Waals surface area contributed by atoms with Crippen molar-refractivity contribution in [1.82, 2.24) is 5.32 Å². The Hall–Kier alpha value is -0.970. The number of terminal acetylenes is 1. The van der Waals surface area contributed by atoms with E-state index in [9.17, 15) is 4.79 Å². The van der Waals surface area contributed by atoms with Crippen LogP contribution >= 0.6 is 0 Å². The minimum absolute atomic E-state index is 0.218. The van der Waals surface area contributed by atoms with Gasteiger partial charge in [-0.2, -0.15) is 0 Å². The van der Waals surface area contributed by atoms with Gasteiger partial charge in [0.1, 0.15) is 0 Å². The molecule has 0 bridgehead atoms. The van der Waals surface area contributed by atoms with Gasteiger partial charge in [-0.1, -0.05) is 6.42 Å². The van der Waals surface area contributed by atoms with E-state index in [0.717, 1.165) is 32.2 Å². The molecule has 0 saturated heterocycles. The van der Waals surface area contributed by atoms with Gasteiger partial charge in [-0.15, -0.1) is 12.3 Å². The van der Waals surface area contributed by atoms with Gasteiger partial charge in [0, 0.05) is 19.4 Å². The molecule has 1 saturated carbocycles. The molecule has 0 radical (unpaired) electrons.